The lowest BCUT2D eigenvalue weighted by Crippen LogP contribution is -2.40. The lowest BCUT2D eigenvalue weighted by Gasteiger charge is -2.33. The predicted molar refractivity (Wildman–Crippen MR) is 119 cm³/mol. The van der Waals surface area contributed by atoms with Crippen LogP contribution in [0, 0.1) is 5.92 Å². The smallest absolute Gasteiger partial charge is 0.255 e. The van der Waals surface area contributed by atoms with Crippen LogP contribution in [0.15, 0.2) is 47.7 Å². The van der Waals surface area contributed by atoms with Crippen LogP contribution in [0.3, 0.4) is 0 Å². The van der Waals surface area contributed by atoms with Crippen molar-refractivity contribution in [3.63, 3.8) is 0 Å². The van der Waals surface area contributed by atoms with E-state index in [0.717, 1.165) is 0 Å². The van der Waals surface area contributed by atoms with E-state index in [9.17, 15) is 9.59 Å². The number of methoxy groups -OCH3 is 2. The maximum atomic E-state index is 13.2. The van der Waals surface area contributed by atoms with E-state index >= 15 is 0 Å². The van der Waals surface area contributed by atoms with E-state index in [1.807, 2.05) is 4.90 Å². The molecule has 0 unspecified atom stereocenters. The highest BCUT2D eigenvalue weighted by molar-refractivity contribution is 6.01. The molecule has 9 heteroatoms. The van der Waals surface area contributed by atoms with Gasteiger partial charge in [0.25, 0.3) is 5.56 Å². The van der Waals surface area contributed by atoms with E-state index in [4.69, 9.17) is 9.47 Å². The summed E-state index contributed by atoms with van der Waals surface area (Å²) in [5.74, 6) is 1.46. The maximum absolute atomic E-state index is 13.2. The minimum absolute atomic E-state index is 0.0389. The summed E-state index contributed by atoms with van der Waals surface area (Å²) in [5, 5.41) is 0. The van der Waals surface area contributed by atoms with Crippen LogP contribution in [0.2, 0.25) is 0 Å². The molecule has 1 saturated heterocycles. The molecule has 166 valence electrons. The van der Waals surface area contributed by atoms with Gasteiger partial charge in [-0.1, -0.05) is 6.07 Å². The molecule has 0 N–H and O–H groups in total. The highest BCUT2D eigenvalue weighted by atomic mass is 16.5. The van der Waals surface area contributed by atoms with Gasteiger partial charge in [0, 0.05) is 38.3 Å². The Hall–Kier alpha value is -3.75. The molecule has 9 nitrogen and oxygen atoms in total. The fourth-order valence-electron chi connectivity index (χ4n) is 4.03. The summed E-state index contributed by atoms with van der Waals surface area (Å²) in [4.78, 5) is 40.6. The normalized spacial score (nSPS) is 14.3. The van der Waals surface area contributed by atoms with Crippen LogP contribution in [-0.2, 0) is 7.05 Å². The molecule has 0 saturated carbocycles. The van der Waals surface area contributed by atoms with Crippen molar-refractivity contribution >= 4 is 11.7 Å². The lowest BCUT2D eigenvalue weighted by atomic mass is 9.88. The zero-order valence-electron chi connectivity index (χ0n) is 18.3. The number of benzene rings is 1. The predicted octanol–water partition coefficient (Wildman–Crippen LogP) is 2.35. The van der Waals surface area contributed by atoms with Crippen molar-refractivity contribution in [1.82, 2.24) is 19.5 Å². The first kappa shape index (κ1) is 21.5. The quantitative estimate of drug-likeness (QED) is 0.544. The van der Waals surface area contributed by atoms with Crippen LogP contribution in [0.1, 0.15) is 23.2 Å². The Morgan fingerprint density at radius 2 is 1.88 bits per heavy atom. The van der Waals surface area contributed by atoms with E-state index in [2.05, 4.69) is 15.0 Å². The number of Topliss-reactive ketones (excluding diaryl/α,β-unsaturated/α-hetero) is 1. The van der Waals surface area contributed by atoms with Crippen molar-refractivity contribution in [3.8, 4) is 22.9 Å². The number of anilines is 1. The average molecular weight is 435 g/mol. The van der Waals surface area contributed by atoms with Crippen molar-refractivity contribution in [2.24, 2.45) is 13.0 Å². The summed E-state index contributed by atoms with van der Waals surface area (Å²) in [5.41, 5.74) is 1.46. The number of ether oxygens (including phenoxy) is 2. The number of ketones is 1. The zero-order chi connectivity index (χ0) is 22.7. The Bertz CT molecular complexity index is 1170. The fraction of sp³-hybridized carbons (Fsp3) is 0.348. The molecule has 0 radical (unpaired) electrons. The van der Waals surface area contributed by atoms with Crippen LogP contribution in [0.5, 0.6) is 11.5 Å². The molecule has 1 aromatic carbocycles. The second-order valence-corrected chi connectivity index (χ2v) is 7.60. The van der Waals surface area contributed by atoms with Crippen molar-refractivity contribution in [2.45, 2.75) is 12.8 Å². The van der Waals surface area contributed by atoms with E-state index in [0.29, 0.717) is 60.3 Å². The summed E-state index contributed by atoms with van der Waals surface area (Å²) in [6, 6.07) is 8.53. The molecule has 1 aliphatic heterocycles. The van der Waals surface area contributed by atoms with Gasteiger partial charge in [-0.2, -0.15) is 0 Å². The number of aromatic nitrogens is 4. The first-order valence-electron chi connectivity index (χ1n) is 10.4. The van der Waals surface area contributed by atoms with E-state index in [-0.39, 0.29) is 17.3 Å². The summed E-state index contributed by atoms with van der Waals surface area (Å²) >= 11 is 0. The Kier molecular flexibility index (Phi) is 6.16. The molecule has 1 aliphatic rings. The van der Waals surface area contributed by atoms with Crippen molar-refractivity contribution < 1.29 is 14.3 Å². The SMILES string of the molecule is COc1cccc(C(=O)C2CCN(c3nc(-c4ccncn4)cc(=O)n3C)CC2)c1OC. The average Bonchev–Trinajstić information content (AvgIpc) is 2.85. The molecule has 4 rings (SSSR count). The minimum atomic E-state index is -0.164. The third kappa shape index (κ3) is 4.05. The molecule has 3 aromatic rings. The topological polar surface area (TPSA) is 99.4 Å². The molecule has 0 aliphatic carbocycles. The van der Waals surface area contributed by atoms with Gasteiger partial charge >= 0.3 is 0 Å². The fourth-order valence-corrected chi connectivity index (χ4v) is 4.03. The number of rotatable bonds is 6. The van der Waals surface area contributed by atoms with E-state index in [1.165, 1.54) is 24.1 Å². The molecule has 0 amide bonds. The third-order valence-corrected chi connectivity index (χ3v) is 5.77. The van der Waals surface area contributed by atoms with Crippen molar-refractivity contribution in [1.29, 1.82) is 0 Å². The summed E-state index contributed by atoms with van der Waals surface area (Å²) < 4.78 is 12.3. The Labute approximate surface area is 185 Å². The van der Waals surface area contributed by atoms with E-state index < -0.39 is 0 Å². The molecule has 32 heavy (non-hydrogen) atoms. The number of para-hydroxylation sites is 1. The maximum Gasteiger partial charge on any atom is 0.255 e. The van der Waals surface area contributed by atoms with Gasteiger partial charge in [0.05, 0.1) is 31.2 Å². The molecule has 2 aromatic heterocycles. The largest absolute Gasteiger partial charge is 0.493 e. The Morgan fingerprint density at radius 3 is 2.53 bits per heavy atom. The summed E-state index contributed by atoms with van der Waals surface area (Å²) in [7, 11) is 4.79. The zero-order valence-corrected chi connectivity index (χ0v) is 18.3. The first-order valence-corrected chi connectivity index (χ1v) is 10.4. The van der Waals surface area contributed by atoms with E-state index in [1.54, 1.807) is 44.6 Å². The van der Waals surface area contributed by atoms with Crippen LogP contribution >= 0.6 is 0 Å². The molecular weight excluding hydrogens is 410 g/mol. The lowest BCUT2D eigenvalue weighted by molar-refractivity contribution is 0.0896. The first-order chi connectivity index (χ1) is 15.5. The van der Waals surface area contributed by atoms with Crippen LogP contribution in [0.4, 0.5) is 5.95 Å². The van der Waals surface area contributed by atoms with Gasteiger partial charge in [-0.3, -0.25) is 14.2 Å². The number of nitrogens with zero attached hydrogens (tertiary/aromatic N) is 5. The molecular formula is C23H25N5O4. The number of carbonyl (C=O) groups excluding carboxylic acids is 1. The highest BCUT2D eigenvalue weighted by Crippen LogP contribution is 2.34. The molecule has 3 heterocycles. The second-order valence-electron chi connectivity index (χ2n) is 7.60. The molecule has 0 atom stereocenters. The second kappa shape index (κ2) is 9.17. The van der Waals surface area contributed by atoms with Gasteiger partial charge in [0.1, 0.15) is 6.33 Å². The van der Waals surface area contributed by atoms with Crippen LogP contribution in [0.25, 0.3) is 11.4 Å². The van der Waals surface area contributed by atoms with Gasteiger partial charge in [-0.15, -0.1) is 0 Å². The van der Waals surface area contributed by atoms with Crippen molar-refractivity contribution in [3.05, 3.63) is 58.8 Å². The van der Waals surface area contributed by atoms with Gasteiger partial charge < -0.3 is 14.4 Å². The number of hydrogen-bond donors (Lipinski definition) is 0. The Morgan fingerprint density at radius 1 is 1.09 bits per heavy atom. The Balaban J connectivity index is 1.54. The number of carbonyl (C=O) groups is 1. The third-order valence-electron chi connectivity index (χ3n) is 5.77. The van der Waals surface area contributed by atoms with Gasteiger partial charge in [0.2, 0.25) is 5.95 Å². The summed E-state index contributed by atoms with van der Waals surface area (Å²) in [6.45, 7) is 1.21. The monoisotopic (exact) mass is 435 g/mol. The standard InChI is InChI=1S/C23H25N5O4/c1-27-20(29)13-18(17-7-10-24-14-25-17)26-23(27)28-11-8-15(9-12-28)21(30)16-5-4-6-19(31-2)22(16)32-3/h4-7,10,13-15H,8-9,11-12H2,1-3H3. The van der Waals surface area contributed by atoms with Gasteiger partial charge in [-0.25, -0.2) is 15.0 Å². The highest BCUT2D eigenvalue weighted by Gasteiger charge is 2.30. The molecule has 1 fully saturated rings. The summed E-state index contributed by atoms with van der Waals surface area (Å²) in [6.07, 6.45) is 4.34. The van der Waals surface area contributed by atoms with Gasteiger partial charge in [0.15, 0.2) is 17.3 Å². The van der Waals surface area contributed by atoms with Crippen LogP contribution < -0.4 is 19.9 Å². The van der Waals surface area contributed by atoms with Crippen molar-refractivity contribution in [2.75, 3.05) is 32.2 Å². The van der Waals surface area contributed by atoms with Gasteiger partial charge in [-0.05, 0) is 31.0 Å². The number of hydrogen-bond acceptors (Lipinski definition) is 8. The minimum Gasteiger partial charge on any atom is -0.493 e. The molecule has 0 spiro atoms. The molecule has 0 bridgehead atoms. The van der Waals surface area contributed by atoms with Crippen LogP contribution in [-0.4, -0.2) is 52.6 Å². The number of piperidine rings is 1.